The Morgan fingerprint density at radius 2 is 1.73 bits per heavy atom. The molecule has 0 amide bonds. The predicted molar refractivity (Wildman–Crippen MR) is 58.1 cm³/mol. The van der Waals surface area contributed by atoms with E-state index in [0.717, 1.165) is 0 Å². The van der Waals surface area contributed by atoms with Crippen molar-refractivity contribution >= 4 is 9.84 Å². The number of hydrogen-bond donors (Lipinski definition) is 0. The van der Waals surface area contributed by atoms with Crippen LogP contribution in [0.15, 0.2) is 23.1 Å². The first-order chi connectivity index (χ1) is 6.66. The molecule has 0 aliphatic heterocycles. The van der Waals surface area contributed by atoms with Crippen molar-refractivity contribution in [1.82, 2.24) is 0 Å². The summed E-state index contributed by atoms with van der Waals surface area (Å²) in [6.45, 7) is 6.39. The summed E-state index contributed by atoms with van der Waals surface area (Å²) in [4.78, 5) is -0.222. The van der Waals surface area contributed by atoms with Crippen LogP contribution < -0.4 is 0 Å². The third-order valence-corrected chi connectivity index (χ3v) is 4.71. The Balaban J connectivity index is 3.42. The van der Waals surface area contributed by atoms with E-state index in [0.29, 0.717) is 5.56 Å². The molecule has 0 spiro atoms. The van der Waals surface area contributed by atoms with E-state index in [2.05, 4.69) is 0 Å². The summed E-state index contributed by atoms with van der Waals surface area (Å²) in [5, 5.41) is 0. The van der Waals surface area contributed by atoms with Crippen molar-refractivity contribution < 1.29 is 12.8 Å². The zero-order valence-corrected chi connectivity index (χ0v) is 10.2. The van der Waals surface area contributed by atoms with Crippen LogP contribution >= 0.6 is 0 Å². The normalized spacial score (nSPS) is 12.9. The largest absolute Gasteiger partial charge is 0.223 e. The molecule has 0 aliphatic rings. The van der Waals surface area contributed by atoms with Gasteiger partial charge in [0.1, 0.15) is 10.7 Å². The minimum absolute atomic E-state index is 0.222. The molecule has 0 saturated carbocycles. The molecule has 84 valence electrons. The number of rotatable bonds is 1. The highest BCUT2D eigenvalue weighted by Crippen LogP contribution is 2.27. The summed E-state index contributed by atoms with van der Waals surface area (Å²) in [7, 11) is -3.60. The van der Waals surface area contributed by atoms with Crippen LogP contribution in [0.4, 0.5) is 4.39 Å². The highest BCUT2D eigenvalue weighted by molar-refractivity contribution is 7.92. The molecule has 1 aromatic carbocycles. The lowest BCUT2D eigenvalue weighted by Gasteiger charge is -2.19. The minimum Gasteiger partial charge on any atom is -0.223 e. The van der Waals surface area contributed by atoms with Crippen molar-refractivity contribution in [1.29, 1.82) is 0 Å². The highest BCUT2D eigenvalue weighted by atomic mass is 32.2. The van der Waals surface area contributed by atoms with Gasteiger partial charge in [-0.3, -0.25) is 0 Å². The number of aryl methyl sites for hydroxylation is 1. The van der Waals surface area contributed by atoms with Gasteiger partial charge in [-0.25, -0.2) is 12.8 Å². The molecule has 1 aromatic rings. The summed E-state index contributed by atoms with van der Waals surface area (Å²) < 4.78 is 36.4. The van der Waals surface area contributed by atoms with Gasteiger partial charge in [0.25, 0.3) is 0 Å². The summed E-state index contributed by atoms with van der Waals surface area (Å²) in [6.07, 6.45) is 0. The van der Waals surface area contributed by atoms with E-state index in [1.165, 1.54) is 12.1 Å². The van der Waals surface area contributed by atoms with Crippen LogP contribution in [-0.2, 0) is 9.84 Å². The van der Waals surface area contributed by atoms with Crippen LogP contribution in [0.1, 0.15) is 26.3 Å². The fourth-order valence-electron chi connectivity index (χ4n) is 1.15. The average Bonchev–Trinajstić information content (AvgIpc) is 2.00. The van der Waals surface area contributed by atoms with Gasteiger partial charge in [-0.05, 0) is 45.4 Å². The van der Waals surface area contributed by atoms with E-state index < -0.39 is 20.4 Å². The van der Waals surface area contributed by atoms with Crippen molar-refractivity contribution in [2.75, 3.05) is 0 Å². The van der Waals surface area contributed by atoms with Crippen LogP contribution in [0, 0.1) is 12.7 Å². The van der Waals surface area contributed by atoms with Crippen molar-refractivity contribution in [3.63, 3.8) is 0 Å². The molecule has 2 nitrogen and oxygen atoms in total. The second kappa shape index (κ2) is 3.59. The van der Waals surface area contributed by atoms with E-state index in [4.69, 9.17) is 0 Å². The van der Waals surface area contributed by atoms with Gasteiger partial charge in [0.15, 0.2) is 9.84 Å². The van der Waals surface area contributed by atoms with Crippen molar-refractivity contribution in [2.24, 2.45) is 0 Å². The SMILES string of the molecule is Cc1ccc(S(=O)(=O)C(C)(C)C)c(F)c1. The summed E-state index contributed by atoms with van der Waals surface area (Å²) in [6, 6.07) is 4.16. The fourth-order valence-corrected chi connectivity index (χ4v) is 2.38. The van der Waals surface area contributed by atoms with E-state index in [9.17, 15) is 12.8 Å². The first-order valence-electron chi connectivity index (χ1n) is 4.67. The standard InChI is InChI=1S/C11H15FO2S/c1-8-5-6-10(9(12)7-8)15(13,14)11(2,3)4/h5-7H,1-4H3. The zero-order chi connectivity index (χ0) is 11.9. The molecule has 0 aliphatic carbocycles. The minimum atomic E-state index is -3.60. The summed E-state index contributed by atoms with van der Waals surface area (Å²) in [5.74, 6) is -0.676. The van der Waals surface area contributed by atoms with Crippen LogP contribution in [0.3, 0.4) is 0 Å². The van der Waals surface area contributed by atoms with Gasteiger partial charge in [0.05, 0.1) is 4.75 Å². The Morgan fingerprint density at radius 1 is 1.20 bits per heavy atom. The first-order valence-corrected chi connectivity index (χ1v) is 6.15. The molecule has 0 aromatic heterocycles. The van der Waals surface area contributed by atoms with Gasteiger partial charge in [0.2, 0.25) is 0 Å². The van der Waals surface area contributed by atoms with Gasteiger partial charge in [0, 0.05) is 0 Å². The molecule has 4 heteroatoms. The van der Waals surface area contributed by atoms with E-state index >= 15 is 0 Å². The van der Waals surface area contributed by atoms with Gasteiger partial charge in [-0.2, -0.15) is 0 Å². The highest BCUT2D eigenvalue weighted by Gasteiger charge is 2.32. The smallest absolute Gasteiger partial charge is 0.186 e. The topological polar surface area (TPSA) is 34.1 Å². The zero-order valence-electron chi connectivity index (χ0n) is 9.33. The first kappa shape index (κ1) is 12.2. The van der Waals surface area contributed by atoms with Crippen LogP contribution in [0.5, 0.6) is 0 Å². The molecule has 0 bridgehead atoms. The van der Waals surface area contributed by atoms with Crippen LogP contribution in [-0.4, -0.2) is 13.2 Å². The molecular weight excluding hydrogens is 215 g/mol. The summed E-state index contributed by atoms with van der Waals surface area (Å²) >= 11 is 0. The molecule has 1 rings (SSSR count). The number of halogens is 1. The Morgan fingerprint density at radius 3 is 2.13 bits per heavy atom. The molecule has 0 N–H and O–H groups in total. The second-order valence-corrected chi connectivity index (χ2v) is 7.22. The predicted octanol–water partition coefficient (Wildman–Crippen LogP) is 2.71. The van der Waals surface area contributed by atoms with Gasteiger partial charge in [-0.15, -0.1) is 0 Å². The summed E-state index contributed by atoms with van der Waals surface area (Å²) in [5.41, 5.74) is 0.709. The Hall–Kier alpha value is -0.900. The lowest BCUT2D eigenvalue weighted by atomic mass is 10.2. The number of sulfone groups is 1. The third-order valence-electron chi connectivity index (χ3n) is 2.18. The molecule has 0 heterocycles. The Labute approximate surface area is 90.0 Å². The number of hydrogen-bond acceptors (Lipinski definition) is 2. The second-order valence-electron chi connectivity index (χ2n) is 4.55. The maximum absolute atomic E-state index is 13.5. The van der Waals surface area contributed by atoms with Gasteiger partial charge >= 0.3 is 0 Å². The molecule has 15 heavy (non-hydrogen) atoms. The fraction of sp³-hybridized carbons (Fsp3) is 0.455. The molecule has 0 unspecified atom stereocenters. The molecule has 0 fully saturated rings. The Kier molecular flexibility index (Phi) is 2.92. The van der Waals surface area contributed by atoms with E-state index in [1.54, 1.807) is 33.8 Å². The quantitative estimate of drug-likeness (QED) is 0.743. The van der Waals surface area contributed by atoms with Crippen molar-refractivity contribution in [3.05, 3.63) is 29.6 Å². The monoisotopic (exact) mass is 230 g/mol. The maximum Gasteiger partial charge on any atom is 0.186 e. The van der Waals surface area contributed by atoms with Crippen molar-refractivity contribution in [3.8, 4) is 0 Å². The molecule has 0 saturated heterocycles. The lowest BCUT2D eigenvalue weighted by molar-refractivity contribution is 0.541. The molecule has 0 atom stereocenters. The lowest BCUT2D eigenvalue weighted by Crippen LogP contribution is -2.28. The van der Waals surface area contributed by atoms with Crippen molar-refractivity contribution in [2.45, 2.75) is 37.3 Å². The third kappa shape index (κ3) is 2.20. The molecule has 0 radical (unpaired) electrons. The molecular formula is C11H15FO2S. The maximum atomic E-state index is 13.5. The van der Waals surface area contributed by atoms with Gasteiger partial charge < -0.3 is 0 Å². The number of benzene rings is 1. The van der Waals surface area contributed by atoms with Gasteiger partial charge in [-0.1, -0.05) is 6.07 Å². The van der Waals surface area contributed by atoms with Crippen LogP contribution in [0.2, 0.25) is 0 Å². The van der Waals surface area contributed by atoms with Crippen LogP contribution in [0.25, 0.3) is 0 Å². The van der Waals surface area contributed by atoms with E-state index in [1.807, 2.05) is 0 Å². The van der Waals surface area contributed by atoms with E-state index in [-0.39, 0.29) is 4.90 Å². The Bertz CT molecular complexity index is 470. The average molecular weight is 230 g/mol.